The number of anilines is 1. The van der Waals surface area contributed by atoms with Crippen molar-refractivity contribution in [3.8, 4) is 5.75 Å². The standard InChI is InChI=1S/C16H14BFN2O3/c1-8-6-11(19-16-15(8)23-7-12(21)20-16)14(22)13(17)9-2-4-10(18)5-3-9/h2-6,13H,7,17H2,1H3,(H,19,20,21). The van der Waals surface area contributed by atoms with E-state index in [0.29, 0.717) is 11.3 Å². The van der Waals surface area contributed by atoms with Crippen LogP contribution in [0.25, 0.3) is 0 Å². The highest BCUT2D eigenvalue weighted by Crippen LogP contribution is 2.31. The molecule has 1 aromatic heterocycles. The zero-order chi connectivity index (χ0) is 16.6. The Balaban J connectivity index is 1.93. The first-order valence-corrected chi connectivity index (χ1v) is 7.19. The van der Waals surface area contributed by atoms with Gasteiger partial charge in [-0.1, -0.05) is 12.1 Å². The predicted octanol–water partition coefficient (Wildman–Crippen LogP) is 1.42. The van der Waals surface area contributed by atoms with Crippen molar-refractivity contribution in [2.24, 2.45) is 0 Å². The van der Waals surface area contributed by atoms with E-state index in [2.05, 4.69) is 10.3 Å². The van der Waals surface area contributed by atoms with Crippen molar-refractivity contribution in [1.29, 1.82) is 0 Å². The number of aromatic nitrogens is 1. The van der Waals surface area contributed by atoms with Crippen LogP contribution in [0.15, 0.2) is 30.3 Å². The number of aryl methyl sites for hydroxylation is 1. The summed E-state index contributed by atoms with van der Waals surface area (Å²) >= 11 is 0. The molecule has 0 bridgehead atoms. The van der Waals surface area contributed by atoms with Crippen LogP contribution < -0.4 is 10.1 Å². The van der Waals surface area contributed by atoms with E-state index in [1.165, 1.54) is 12.1 Å². The van der Waals surface area contributed by atoms with E-state index in [0.717, 1.165) is 5.56 Å². The molecule has 1 aliphatic rings. The number of carbonyl (C=O) groups excluding carboxylic acids is 2. The molecule has 0 saturated heterocycles. The predicted molar refractivity (Wildman–Crippen MR) is 85.1 cm³/mol. The molecular weight excluding hydrogens is 298 g/mol. The molecule has 1 aliphatic heterocycles. The smallest absolute Gasteiger partial charge is 0.263 e. The minimum absolute atomic E-state index is 0.0607. The summed E-state index contributed by atoms with van der Waals surface area (Å²) in [4.78, 5) is 28.3. The summed E-state index contributed by atoms with van der Waals surface area (Å²) in [7, 11) is 1.74. The highest BCUT2D eigenvalue weighted by atomic mass is 19.1. The minimum Gasteiger partial charge on any atom is -0.480 e. The summed E-state index contributed by atoms with van der Waals surface area (Å²) in [6.45, 7) is 1.73. The Morgan fingerprint density at radius 3 is 2.78 bits per heavy atom. The lowest BCUT2D eigenvalue weighted by Gasteiger charge is -2.20. The second kappa shape index (κ2) is 5.83. The number of carbonyl (C=O) groups is 2. The number of hydrogen-bond donors (Lipinski definition) is 1. The summed E-state index contributed by atoms with van der Waals surface area (Å²) in [5, 5.41) is 2.61. The summed E-state index contributed by atoms with van der Waals surface area (Å²) in [6, 6.07) is 7.43. The number of ketones is 1. The average molecular weight is 312 g/mol. The summed E-state index contributed by atoms with van der Waals surface area (Å²) in [6.07, 6.45) is 0. The van der Waals surface area contributed by atoms with Crippen molar-refractivity contribution in [2.45, 2.75) is 12.7 Å². The number of hydrogen-bond acceptors (Lipinski definition) is 4. The Hall–Kier alpha value is -2.70. The fraction of sp³-hybridized carbons (Fsp3) is 0.188. The highest BCUT2D eigenvalue weighted by Gasteiger charge is 2.24. The van der Waals surface area contributed by atoms with Crippen LogP contribution in [0, 0.1) is 12.7 Å². The molecule has 7 heteroatoms. The Morgan fingerprint density at radius 1 is 1.39 bits per heavy atom. The fourth-order valence-corrected chi connectivity index (χ4v) is 2.48. The molecule has 0 fully saturated rings. The van der Waals surface area contributed by atoms with Gasteiger partial charge in [-0.2, -0.15) is 0 Å². The molecule has 1 aromatic carbocycles. The number of nitrogens with one attached hydrogen (secondary N) is 1. The Bertz CT molecular complexity index is 793. The van der Waals surface area contributed by atoms with Gasteiger partial charge in [0.15, 0.2) is 24.0 Å². The first-order chi connectivity index (χ1) is 11.0. The molecule has 0 saturated carbocycles. The quantitative estimate of drug-likeness (QED) is 0.687. The van der Waals surface area contributed by atoms with E-state index in [1.54, 1.807) is 33.0 Å². The molecule has 3 rings (SSSR count). The van der Waals surface area contributed by atoms with Gasteiger partial charge in [0.05, 0.1) is 0 Å². The van der Waals surface area contributed by atoms with Crippen LogP contribution in [-0.4, -0.2) is 31.1 Å². The number of halogens is 1. The van der Waals surface area contributed by atoms with Crippen molar-refractivity contribution < 1.29 is 18.7 Å². The second-order valence-corrected chi connectivity index (χ2v) is 5.48. The van der Waals surface area contributed by atoms with Gasteiger partial charge in [-0.25, -0.2) is 9.37 Å². The molecule has 1 N–H and O–H groups in total. The number of Topliss-reactive ketones (excluding diaryl/α,β-unsaturated/α-hetero) is 1. The third-order valence-corrected chi connectivity index (χ3v) is 3.78. The normalized spacial score (nSPS) is 14.4. The molecule has 0 spiro atoms. The number of amides is 1. The Labute approximate surface area is 133 Å². The zero-order valence-electron chi connectivity index (χ0n) is 12.7. The maximum Gasteiger partial charge on any atom is 0.263 e. The number of pyridine rings is 1. The molecule has 0 radical (unpaired) electrons. The van der Waals surface area contributed by atoms with Gasteiger partial charge in [0.1, 0.15) is 19.4 Å². The maximum atomic E-state index is 13.0. The molecular formula is C16H14BFN2O3. The van der Waals surface area contributed by atoms with Crippen molar-refractivity contribution in [1.82, 2.24) is 4.98 Å². The number of ether oxygens (including phenoxy) is 1. The molecule has 116 valence electrons. The van der Waals surface area contributed by atoms with E-state index >= 15 is 0 Å². The molecule has 5 nitrogen and oxygen atoms in total. The van der Waals surface area contributed by atoms with Gasteiger partial charge in [-0.15, -0.1) is 0 Å². The lowest BCUT2D eigenvalue weighted by atomic mass is 9.76. The van der Waals surface area contributed by atoms with Crippen LogP contribution in [0.5, 0.6) is 5.75 Å². The minimum atomic E-state index is -0.472. The first-order valence-electron chi connectivity index (χ1n) is 7.19. The number of nitrogens with zero attached hydrogens (tertiary/aromatic N) is 1. The number of benzene rings is 1. The zero-order valence-corrected chi connectivity index (χ0v) is 12.7. The van der Waals surface area contributed by atoms with Crippen molar-refractivity contribution in [3.63, 3.8) is 0 Å². The van der Waals surface area contributed by atoms with Crippen LogP contribution in [-0.2, 0) is 4.79 Å². The number of fused-ring (bicyclic) bond motifs is 1. The Kier molecular flexibility index (Phi) is 3.86. The van der Waals surface area contributed by atoms with E-state index in [4.69, 9.17) is 4.74 Å². The van der Waals surface area contributed by atoms with Gasteiger partial charge in [-0.05, 0) is 36.2 Å². The van der Waals surface area contributed by atoms with Gasteiger partial charge in [0.2, 0.25) is 0 Å². The molecule has 1 amide bonds. The third kappa shape index (κ3) is 2.95. The van der Waals surface area contributed by atoms with Gasteiger partial charge >= 0.3 is 0 Å². The van der Waals surface area contributed by atoms with Crippen LogP contribution in [0.2, 0.25) is 0 Å². The van der Waals surface area contributed by atoms with Gasteiger partial charge in [-0.3, -0.25) is 9.59 Å². The van der Waals surface area contributed by atoms with Gasteiger partial charge in [0, 0.05) is 5.82 Å². The SMILES string of the molecule is BC(C(=O)c1cc(C)c2c(n1)NC(=O)CO2)c1ccc(F)cc1. The molecule has 0 aliphatic carbocycles. The molecule has 23 heavy (non-hydrogen) atoms. The van der Waals surface area contributed by atoms with Gasteiger partial charge in [0.25, 0.3) is 5.91 Å². The van der Waals surface area contributed by atoms with Crippen LogP contribution >= 0.6 is 0 Å². The monoisotopic (exact) mass is 312 g/mol. The maximum absolute atomic E-state index is 13.0. The lowest BCUT2D eigenvalue weighted by Crippen LogP contribution is -2.27. The average Bonchev–Trinajstić information content (AvgIpc) is 2.53. The fourth-order valence-electron chi connectivity index (χ4n) is 2.48. The molecule has 1 unspecified atom stereocenters. The van der Waals surface area contributed by atoms with E-state index < -0.39 is 5.82 Å². The lowest BCUT2D eigenvalue weighted by molar-refractivity contribution is -0.118. The van der Waals surface area contributed by atoms with E-state index in [1.807, 2.05) is 0 Å². The van der Waals surface area contributed by atoms with Gasteiger partial charge < -0.3 is 10.1 Å². The molecule has 2 aromatic rings. The summed E-state index contributed by atoms with van der Waals surface area (Å²) in [5.74, 6) is -0.592. The van der Waals surface area contributed by atoms with E-state index in [9.17, 15) is 14.0 Å². The van der Waals surface area contributed by atoms with Crippen molar-refractivity contribution in [3.05, 3.63) is 53.0 Å². The van der Waals surface area contributed by atoms with Crippen molar-refractivity contribution in [2.75, 3.05) is 11.9 Å². The second-order valence-electron chi connectivity index (χ2n) is 5.48. The van der Waals surface area contributed by atoms with Crippen LogP contribution in [0.4, 0.5) is 10.2 Å². The molecule has 2 heterocycles. The summed E-state index contributed by atoms with van der Waals surface area (Å²) < 4.78 is 18.3. The van der Waals surface area contributed by atoms with Crippen LogP contribution in [0.1, 0.15) is 27.4 Å². The summed E-state index contributed by atoms with van der Waals surface area (Å²) in [5.41, 5.74) is 1.67. The highest BCUT2D eigenvalue weighted by molar-refractivity contribution is 6.28. The van der Waals surface area contributed by atoms with Crippen LogP contribution in [0.3, 0.4) is 0 Å². The number of rotatable bonds is 3. The van der Waals surface area contributed by atoms with Crippen molar-refractivity contribution >= 4 is 25.4 Å². The third-order valence-electron chi connectivity index (χ3n) is 3.78. The van der Waals surface area contributed by atoms with E-state index in [-0.39, 0.29) is 35.6 Å². The Morgan fingerprint density at radius 2 is 2.09 bits per heavy atom. The topological polar surface area (TPSA) is 68.3 Å². The first kappa shape index (κ1) is 15.2. The largest absolute Gasteiger partial charge is 0.480 e. The molecule has 1 atom stereocenters.